The van der Waals surface area contributed by atoms with Gasteiger partial charge < -0.3 is 15.7 Å². The van der Waals surface area contributed by atoms with Crippen LogP contribution in [0.4, 0.5) is 17.5 Å². The second-order valence-electron chi connectivity index (χ2n) is 4.88. The van der Waals surface area contributed by atoms with Crippen molar-refractivity contribution >= 4 is 39.0 Å². The summed E-state index contributed by atoms with van der Waals surface area (Å²) in [7, 11) is 0. The number of anilines is 3. The zero-order valence-electron chi connectivity index (χ0n) is 12.4. The van der Waals surface area contributed by atoms with Crippen molar-refractivity contribution < 1.29 is 5.11 Å². The second kappa shape index (κ2) is 7.09. The minimum atomic E-state index is 0.137. The molecule has 6 heteroatoms. The number of aliphatic hydroxyl groups is 1. The predicted octanol–water partition coefficient (Wildman–Crippen LogP) is 3.21. The Morgan fingerprint density at radius 3 is 3.00 bits per heavy atom. The lowest BCUT2D eigenvalue weighted by Crippen LogP contribution is -2.08. The molecule has 0 bridgehead atoms. The molecular formula is C17H16N4OS. The monoisotopic (exact) mass is 324 g/mol. The number of fused-ring (bicyclic) bond motifs is 1. The summed E-state index contributed by atoms with van der Waals surface area (Å²) in [4.78, 5) is 9.02. The molecule has 3 N–H and O–H groups in total. The van der Waals surface area contributed by atoms with Crippen molar-refractivity contribution in [3.05, 3.63) is 41.3 Å². The van der Waals surface area contributed by atoms with Crippen molar-refractivity contribution in [3.8, 4) is 12.3 Å². The number of hydrogen-bond acceptors (Lipinski definition) is 6. The quantitative estimate of drug-likeness (QED) is 0.480. The maximum atomic E-state index is 8.87. The molecule has 0 saturated heterocycles. The standard InChI is InChI=1S/C17H16N4OS/c1-2-12-5-3-6-13(11-12)19-16-15-14(7-10-23-15)20-17(21-16)18-8-4-9-22/h1,3,5-7,10-11,22H,4,8-9H2,(H2,18,19,20,21). The van der Waals surface area contributed by atoms with E-state index in [2.05, 4.69) is 26.5 Å². The Hall–Kier alpha value is -2.62. The first-order valence-corrected chi connectivity index (χ1v) is 8.12. The molecule has 0 aliphatic rings. The van der Waals surface area contributed by atoms with Crippen LogP contribution in [0.3, 0.4) is 0 Å². The largest absolute Gasteiger partial charge is 0.396 e. The second-order valence-corrected chi connectivity index (χ2v) is 5.80. The van der Waals surface area contributed by atoms with Gasteiger partial charge in [0.05, 0.1) is 10.2 Å². The Bertz CT molecular complexity index is 853. The van der Waals surface area contributed by atoms with Gasteiger partial charge in [0.15, 0.2) is 5.82 Å². The molecule has 0 unspecified atom stereocenters. The summed E-state index contributed by atoms with van der Waals surface area (Å²) < 4.78 is 0.990. The van der Waals surface area contributed by atoms with Gasteiger partial charge >= 0.3 is 0 Å². The number of nitrogens with one attached hydrogen (secondary N) is 2. The molecule has 1 aromatic carbocycles. The zero-order chi connectivity index (χ0) is 16.1. The number of rotatable bonds is 6. The van der Waals surface area contributed by atoms with Crippen LogP contribution in [-0.2, 0) is 0 Å². The van der Waals surface area contributed by atoms with Gasteiger partial charge in [0.2, 0.25) is 5.95 Å². The maximum absolute atomic E-state index is 8.87. The van der Waals surface area contributed by atoms with Gasteiger partial charge in [-0.05, 0) is 36.1 Å². The number of nitrogens with zero attached hydrogens (tertiary/aromatic N) is 2. The third kappa shape index (κ3) is 3.59. The van der Waals surface area contributed by atoms with Crippen molar-refractivity contribution in [1.29, 1.82) is 0 Å². The molecule has 5 nitrogen and oxygen atoms in total. The Kier molecular flexibility index (Phi) is 4.71. The lowest BCUT2D eigenvalue weighted by atomic mass is 10.2. The van der Waals surface area contributed by atoms with Crippen molar-refractivity contribution in [3.63, 3.8) is 0 Å². The Labute approximate surface area is 138 Å². The van der Waals surface area contributed by atoms with Crippen molar-refractivity contribution in [2.75, 3.05) is 23.8 Å². The minimum absolute atomic E-state index is 0.137. The van der Waals surface area contributed by atoms with Crippen LogP contribution in [0.15, 0.2) is 35.7 Å². The average Bonchev–Trinajstić information content (AvgIpc) is 3.04. The summed E-state index contributed by atoms with van der Waals surface area (Å²) in [6.07, 6.45) is 6.10. The highest BCUT2D eigenvalue weighted by Crippen LogP contribution is 2.29. The van der Waals surface area contributed by atoms with Crippen LogP contribution in [0.25, 0.3) is 10.2 Å². The molecule has 0 aliphatic heterocycles. The number of aliphatic hydroxyl groups excluding tert-OH is 1. The Morgan fingerprint density at radius 2 is 2.17 bits per heavy atom. The molecular weight excluding hydrogens is 308 g/mol. The molecule has 2 heterocycles. The molecule has 23 heavy (non-hydrogen) atoms. The van der Waals surface area contributed by atoms with Crippen LogP contribution in [0, 0.1) is 12.3 Å². The maximum Gasteiger partial charge on any atom is 0.225 e. The van der Waals surface area contributed by atoms with E-state index in [1.165, 1.54) is 0 Å². The Balaban J connectivity index is 1.91. The van der Waals surface area contributed by atoms with Gasteiger partial charge in [0.1, 0.15) is 0 Å². The summed E-state index contributed by atoms with van der Waals surface area (Å²) in [6.45, 7) is 0.760. The van der Waals surface area contributed by atoms with E-state index in [-0.39, 0.29) is 6.61 Å². The number of aromatic nitrogens is 2. The van der Waals surface area contributed by atoms with E-state index in [1.54, 1.807) is 11.3 Å². The highest BCUT2D eigenvalue weighted by molar-refractivity contribution is 7.17. The highest BCUT2D eigenvalue weighted by atomic mass is 32.1. The fourth-order valence-corrected chi connectivity index (χ4v) is 2.91. The summed E-state index contributed by atoms with van der Waals surface area (Å²) in [6, 6.07) is 9.60. The van der Waals surface area contributed by atoms with Crippen LogP contribution >= 0.6 is 11.3 Å². The van der Waals surface area contributed by atoms with Crippen molar-refractivity contribution in [1.82, 2.24) is 9.97 Å². The van der Waals surface area contributed by atoms with Crippen LogP contribution in [0.5, 0.6) is 0 Å². The number of thiophene rings is 1. The molecule has 3 aromatic rings. The number of hydrogen-bond donors (Lipinski definition) is 3. The van der Waals surface area contributed by atoms with E-state index in [4.69, 9.17) is 11.5 Å². The Morgan fingerprint density at radius 1 is 1.26 bits per heavy atom. The van der Waals surface area contributed by atoms with Gasteiger partial charge in [0.25, 0.3) is 0 Å². The smallest absolute Gasteiger partial charge is 0.225 e. The molecule has 116 valence electrons. The van der Waals surface area contributed by atoms with Gasteiger partial charge in [-0.15, -0.1) is 17.8 Å². The van der Waals surface area contributed by atoms with Gasteiger partial charge in [-0.1, -0.05) is 12.0 Å². The first-order chi connectivity index (χ1) is 11.3. The SMILES string of the molecule is C#Cc1cccc(Nc2nc(NCCCO)nc3ccsc23)c1. The van der Waals surface area contributed by atoms with E-state index in [0.717, 1.165) is 27.3 Å². The van der Waals surface area contributed by atoms with E-state index < -0.39 is 0 Å². The van der Waals surface area contributed by atoms with Gasteiger partial charge in [-0.2, -0.15) is 4.98 Å². The topological polar surface area (TPSA) is 70.1 Å². The van der Waals surface area contributed by atoms with Gasteiger partial charge in [0, 0.05) is 24.4 Å². The van der Waals surface area contributed by atoms with E-state index in [9.17, 15) is 0 Å². The highest BCUT2D eigenvalue weighted by Gasteiger charge is 2.09. The fourth-order valence-electron chi connectivity index (χ4n) is 2.13. The molecule has 0 aliphatic carbocycles. The van der Waals surface area contributed by atoms with Gasteiger partial charge in [-0.3, -0.25) is 0 Å². The zero-order valence-corrected chi connectivity index (χ0v) is 13.2. The third-order valence-electron chi connectivity index (χ3n) is 3.21. The molecule has 0 atom stereocenters. The summed E-state index contributed by atoms with van der Waals surface area (Å²) in [5.41, 5.74) is 2.58. The van der Waals surface area contributed by atoms with Crippen LogP contribution < -0.4 is 10.6 Å². The number of terminal acetylenes is 1. The summed E-state index contributed by atoms with van der Waals surface area (Å²) in [5, 5.41) is 17.3. The van der Waals surface area contributed by atoms with E-state index in [0.29, 0.717) is 18.9 Å². The first kappa shape index (κ1) is 15.3. The summed E-state index contributed by atoms with van der Waals surface area (Å²) >= 11 is 1.58. The van der Waals surface area contributed by atoms with Gasteiger partial charge in [-0.25, -0.2) is 4.98 Å². The normalized spacial score (nSPS) is 10.4. The third-order valence-corrected chi connectivity index (χ3v) is 4.12. The molecule has 0 spiro atoms. The van der Waals surface area contributed by atoms with Crippen LogP contribution in [-0.4, -0.2) is 28.2 Å². The molecule has 0 amide bonds. The molecule has 3 rings (SSSR count). The molecule has 2 aromatic heterocycles. The van der Waals surface area contributed by atoms with E-state index in [1.807, 2.05) is 35.7 Å². The molecule has 0 saturated carbocycles. The number of benzene rings is 1. The molecule has 0 fully saturated rings. The van der Waals surface area contributed by atoms with Crippen LogP contribution in [0.2, 0.25) is 0 Å². The lowest BCUT2D eigenvalue weighted by molar-refractivity contribution is 0.292. The predicted molar refractivity (Wildman–Crippen MR) is 95.3 cm³/mol. The first-order valence-electron chi connectivity index (χ1n) is 7.24. The lowest BCUT2D eigenvalue weighted by Gasteiger charge is -2.10. The van der Waals surface area contributed by atoms with E-state index >= 15 is 0 Å². The average molecular weight is 324 g/mol. The van der Waals surface area contributed by atoms with Crippen molar-refractivity contribution in [2.24, 2.45) is 0 Å². The van der Waals surface area contributed by atoms with Crippen molar-refractivity contribution in [2.45, 2.75) is 6.42 Å². The van der Waals surface area contributed by atoms with Crippen LogP contribution in [0.1, 0.15) is 12.0 Å². The molecule has 0 radical (unpaired) electrons. The fraction of sp³-hybridized carbons (Fsp3) is 0.176. The minimum Gasteiger partial charge on any atom is -0.396 e. The summed E-state index contributed by atoms with van der Waals surface area (Å²) in [5.74, 6) is 3.91.